The van der Waals surface area contributed by atoms with Gasteiger partial charge in [0.05, 0.1) is 37.2 Å². The van der Waals surface area contributed by atoms with Gasteiger partial charge in [0, 0.05) is 19.6 Å². The summed E-state index contributed by atoms with van der Waals surface area (Å²) in [7, 11) is 0. The SMILES string of the molecule is CC(NC[C@H]1CN(c2ccc(N3CCOCC3)c(F)c2)C(=O)O1)C(N)=O.Cl. The first-order chi connectivity index (χ1) is 12.5. The lowest BCUT2D eigenvalue weighted by molar-refractivity contribution is -0.119. The summed E-state index contributed by atoms with van der Waals surface area (Å²) in [5.41, 5.74) is 6.12. The molecule has 3 rings (SSSR count). The lowest BCUT2D eigenvalue weighted by atomic mass is 10.2. The highest BCUT2D eigenvalue weighted by molar-refractivity contribution is 5.90. The molecule has 2 aliphatic rings. The minimum atomic E-state index is -0.540. The minimum absolute atomic E-state index is 0. The van der Waals surface area contributed by atoms with E-state index in [1.54, 1.807) is 19.1 Å². The van der Waals surface area contributed by atoms with Crippen LogP contribution >= 0.6 is 12.4 Å². The molecule has 8 nitrogen and oxygen atoms in total. The van der Waals surface area contributed by atoms with Gasteiger partial charge in [0.25, 0.3) is 0 Å². The molecule has 27 heavy (non-hydrogen) atoms. The molecule has 0 spiro atoms. The fraction of sp³-hybridized carbons (Fsp3) is 0.529. The van der Waals surface area contributed by atoms with Gasteiger partial charge >= 0.3 is 6.09 Å². The number of carbonyl (C=O) groups excluding carboxylic acids is 2. The first kappa shape index (κ1) is 21.2. The number of anilines is 2. The number of benzene rings is 1. The summed E-state index contributed by atoms with van der Waals surface area (Å²) in [6, 6.07) is 4.20. The van der Waals surface area contributed by atoms with Crippen molar-refractivity contribution in [3.63, 3.8) is 0 Å². The van der Waals surface area contributed by atoms with Crippen molar-refractivity contribution in [1.29, 1.82) is 0 Å². The van der Waals surface area contributed by atoms with Crippen LogP contribution in [0.5, 0.6) is 0 Å². The molecule has 2 amide bonds. The van der Waals surface area contributed by atoms with E-state index < -0.39 is 24.1 Å². The summed E-state index contributed by atoms with van der Waals surface area (Å²) in [6.07, 6.45) is -0.978. The molecule has 0 aromatic heterocycles. The van der Waals surface area contributed by atoms with Gasteiger partial charge in [-0.05, 0) is 25.1 Å². The third-order valence-electron chi connectivity index (χ3n) is 4.55. The molecule has 2 heterocycles. The van der Waals surface area contributed by atoms with Crippen LogP contribution in [0.15, 0.2) is 18.2 Å². The van der Waals surface area contributed by atoms with Gasteiger partial charge in [-0.15, -0.1) is 12.4 Å². The number of hydrogen-bond donors (Lipinski definition) is 2. The second kappa shape index (κ2) is 9.20. The van der Waals surface area contributed by atoms with Crippen LogP contribution in [-0.4, -0.2) is 63.5 Å². The van der Waals surface area contributed by atoms with Crippen LogP contribution in [0, 0.1) is 5.82 Å². The smallest absolute Gasteiger partial charge is 0.414 e. The Bertz CT molecular complexity index is 687. The van der Waals surface area contributed by atoms with Gasteiger partial charge in [-0.2, -0.15) is 0 Å². The Morgan fingerprint density at radius 3 is 2.74 bits per heavy atom. The molecule has 1 aromatic rings. The van der Waals surface area contributed by atoms with Gasteiger partial charge < -0.3 is 25.4 Å². The number of amides is 2. The highest BCUT2D eigenvalue weighted by Gasteiger charge is 2.33. The Morgan fingerprint density at radius 2 is 2.11 bits per heavy atom. The molecule has 2 aliphatic heterocycles. The molecule has 2 atom stereocenters. The molecule has 1 aromatic carbocycles. The van der Waals surface area contributed by atoms with Gasteiger partial charge in [-0.1, -0.05) is 0 Å². The van der Waals surface area contributed by atoms with E-state index in [4.69, 9.17) is 15.2 Å². The first-order valence-electron chi connectivity index (χ1n) is 8.59. The van der Waals surface area contributed by atoms with Crippen molar-refractivity contribution in [2.24, 2.45) is 5.73 Å². The molecule has 1 unspecified atom stereocenters. The van der Waals surface area contributed by atoms with Crippen molar-refractivity contribution in [2.75, 3.05) is 49.2 Å². The average molecular weight is 403 g/mol. The Labute approximate surface area is 163 Å². The number of hydrogen-bond acceptors (Lipinski definition) is 6. The molecule has 0 saturated carbocycles. The van der Waals surface area contributed by atoms with Crippen LogP contribution in [0.3, 0.4) is 0 Å². The molecule has 2 fully saturated rings. The zero-order chi connectivity index (χ0) is 18.7. The first-order valence-corrected chi connectivity index (χ1v) is 8.59. The standard InChI is InChI=1S/C17H23FN4O4.ClH/c1-11(16(19)23)20-9-13-10-22(17(24)26-13)12-2-3-15(14(18)8-12)21-4-6-25-7-5-21;/h2-3,8,11,13,20H,4-7,9-10H2,1H3,(H2,19,23);1H/t11?,13-;/m0./s1. The Hall–Kier alpha value is -2.10. The van der Waals surface area contributed by atoms with Crippen molar-refractivity contribution < 1.29 is 23.5 Å². The minimum Gasteiger partial charge on any atom is -0.443 e. The van der Waals surface area contributed by atoms with E-state index in [1.807, 2.05) is 4.90 Å². The second-order valence-electron chi connectivity index (χ2n) is 6.38. The van der Waals surface area contributed by atoms with Crippen LogP contribution in [0.25, 0.3) is 0 Å². The summed E-state index contributed by atoms with van der Waals surface area (Å²) in [4.78, 5) is 26.4. The molecule has 0 radical (unpaired) electrons. The number of ether oxygens (including phenoxy) is 2. The monoisotopic (exact) mass is 402 g/mol. The molecule has 2 saturated heterocycles. The second-order valence-corrected chi connectivity index (χ2v) is 6.38. The summed E-state index contributed by atoms with van der Waals surface area (Å²) in [5.74, 6) is -0.868. The number of morpholine rings is 1. The van der Waals surface area contributed by atoms with Gasteiger partial charge in [-0.3, -0.25) is 9.69 Å². The van der Waals surface area contributed by atoms with Crippen LogP contribution in [0.2, 0.25) is 0 Å². The lowest BCUT2D eigenvalue weighted by Crippen LogP contribution is -2.43. The maximum Gasteiger partial charge on any atom is 0.414 e. The van der Waals surface area contributed by atoms with E-state index in [9.17, 15) is 14.0 Å². The number of primary amides is 1. The van der Waals surface area contributed by atoms with Crippen molar-refractivity contribution >= 4 is 35.8 Å². The molecular weight excluding hydrogens is 379 g/mol. The number of halogens is 2. The van der Waals surface area contributed by atoms with E-state index in [2.05, 4.69) is 5.32 Å². The van der Waals surface area contributed by atoms with Crippen LogP contribution in [-0.2, 0) is 14.3 Å². The molecule has 0 aliphatic carbocycles. The van der Waals surface area contributed by atoms with Gasteiger partial charge in [0.1, 0.15) is 11.9 Å². The number of nitrogens with two attached hydrogens (primary N) is 1. The van der Waals surface area contributed by atoms with Gasteiger partial charge in [0.15, 0.2) is 0 Å². The van der Waals surface area contributed by atoms with E-state index >= 15 is 0 Å². The zero-order valence-electron chi connectivity index (χ0n) is 15.0. The van der Waals surface area contributed by atoms with Crippen molar-refractivity contribution in [3.8, 4) is 0 Å². The third-order valence-corrected chi connectivity index (χ3v) is 4.55. The number of nitrogens with zero attached hydrogens (tertiary/aromatic N) is 2. The fourth-order valence-electron chi connectivity index (χ4n) is 2.97. The lowest BCUT2D eigenvalue weighted by Gasteiger charge is -2.29. The van der Waals surface area contributed by atoms with E-state index in [0.717, 1.165) is 0 Å². The Morgan fingerprint density at radius 1 is 1.41 bits per heavy atom. The van der Waals surface area contributed by atoms with Crippen molar-refractivity contribution in [1.82, 2.24) is 5.32 Å². The third kappa shape index (κ3) is 5.00. The quantitative estimate of drug-likeness (QED) is 0.733. The van der Waals surface area contributed by atoms with E-state index in [0.29, 0.717) is 44.2 Å². The van der Waals surface area contributed by atoms with Crippen LogP contribution in [0.1, 0.15) is 6.92 Å². The average Bonchev–Trinajstić information content (AvgIpc) is 3.01. The predicted octanol–water partition coefficient (Wildman–Crippen LogP) is 0.873. The summed E-state index contributed by atoms with van der Waals surface area (Å²) >= 11 is 0. The largest absolute Gasteiger partial charge is 0.443 e. The number of rotatable bonds is 6. The van der Waals surface area contributed by atoms with Gasteiger partial charge in [-0.25, -0.2) is 9.18 Å². The fourth-order valence-corrected chi connectivity index (χ4v) is 2.97. The summed E-state index contributed by atoms with van der Waals surface area (Å²) in [5, 5.41) is 2.91. The predicted molar refractivity (Wildman–Crippen MR) is 101 cm³/mol. The Balaban J connectivity index is 0.00000261. The number of carbonyl (C=O) groups is 2. The topological polar surface area (TPSA) is 97.1 Å². The van der Waals surface area contributed by atoms with Gasteiger partial charge in [0.2, 0.25) is 5.91 Å². The molecule has 0 bridgehead atoms. The van der Waals surface area contributed by atoms with E-state index in [-0.39, 0.29) is 24.8 Å². The van der Waals surface area contributed by atoms with Crippen LogP contribution in [0.4, 0.5) is 20.6 Å². The molecule has 150 valence electrons. The van der Waals surface area contributed by atoms with Crippen molar-refractivity contribution in [3.05, 3.63) is 24.0 Å². The normalized spacial score (nSPS) is 20.8. The highest BCUT2D eigenvalue weighted by Crippen LogP contribution is 2.28. The zero-order valence-corrected chi connectivity index (χ0v) is 15.8. The maximum atomic E-state index is 14.5. The molecule has 3 N–H and O–H groups in total. The summed E-state index contributed by atoms with van der Waals surface area (Å²) < 4.78 is 25.1. The summed E-state index contributed by atoms with van der Waals surface area (Å²) in [6.45, 7) is 4.60. The highest BCUT2D eigenvalue weighted by atomic mass is 35.5. The van der Waals surface area contributed by atoms with Crippen molar-refractivity contribution in [2.45, 2.75) is 19.1 Å². The number of cyclic esters (lactones) is 1. The van der Waals surface area contributed by atoms with E-state index in [1.165, 1.54) is 11.0 Å². The molecular formula is C17H24ClFN4O4. The maximum absolute atomic E-state index is 14.5. The molecule has 10 heteroatoms. The number of nitrogens with one attached hydrogen (secondary N) is 1. The van der Waals surface area contributed by atoms with Crippen LogP contribution < -0.4 is 20.9 Å². The Kier molecular flexibility index (Phi) is 7.23.